The van der Waals surface area contributed by atoms with Gasteiger partial charge in [-0.15, -0.1) is 0 Å². The Balaban J connectivity index is 5.49. The van der Waals surface area contributed by atoms with E-state index in [9.17, 15) is 21.4 Å². The molecule has 9 heteroatoms. The summed E-state index contributed by atoms with van der Waals surface area (Å²) in [6, 6.07) is 0. The lowest BCUT2D eigenvalue weighted by Crippen LogP contribution is -2.55. The summed E-state index contributed by atoms with van der Waals surface area (Å²) in [5.74, 6) is 0. The maximum atomic E-state index is 12.6. The second kappa shape index (κ2) is 7.87. The Morgan fingerprint density at radius 1 is 1.10 bits per heavy atom. The molecule has 0 amide bonds. The maximum Gasteiger partial charge on any atom is 0.269 e. The van der Waals surface area contributed by atoms with E-state index < -0.39 is 30.1 Å². The van der Waals surface area contributed by atoms with Gasteiger partial charge in [0.05, 0.1) is 6.67 Å². The predicted molar refractivity (Wildman–Crippen MR) is 84.2 cm³/mol. The van der Waals surface area contributed by atoms with E-state index in [1.54, 1.807) is 13.8 Å². The summed E-state index contributed by atoms with van der Waals surface area (Å²) >= 11 is 0. The lowest BCUT2D eigenvalue weighted by atomic mass is 10.0. The van der Waals surface area contributed by atoms with E-state index in [-0.39, 0.29) is 19.5 Å². The average molecular weight is 344 g/mol. The summed E-state index contributed by atoms with van der Waals surface area (Å²) in [6.45, 7) is 9.80. The molecule has 0 rings (SSSR count). The van der Waals surface area contributed by atoms with Gasteiger partial charge < -0.3 is 0 Å². The first-order valence-electron chi connectivity index (χ1n) is 7.17. The minimum Gasteiger partial charge on any atom is -0.290 e. The molecule has 0 saturated heterocycles. The first kappa shape index (κ1) is 20.8. The molecule has 0 aromatic carbocycles. The Morgan fingerprint density at radius 3 is 1.86 bits per heavy atom. The van der Waals surface area contributed by atoms with Crippen molar-refractivity contribution in [2.45, 2.75) is 57.5 Å². The number of nitrogens with one attached hydrogen (secondary N) is 1. The van der Waals surface area contributed by atoms with Crippen molar-refractivity contribution in [3.05, 3.63) is 0 Å². The van der Waals surface area contributed by atoms with Gasteiger partial charge in [-0.1, -0.05) is 27.7 Å². The molecule has 0 spiro atoms. The third-order valence-corrected chi connectivity index (χ3v) is 8.13. The minimum atomic E-state index is -4.45. The molecule has 2 unspecified atom stereocenters. The lowest BCUT2D eigenvalue weighted by molar-refractivity contribution is 0.297. The van der Waals surface area contributed by atoms with Crippen molar-refractivity contribution in [1.82, 2.24) is 9.62 Å². The van der Waals surface area contributed by atoms with E-state index in [0.29, 0.717) is 13.1 Å². The summed E-state index contributed by atoms with van der Waals surface area (Å²) in [4.78, 5) is 1.86. The minimum absolute atomic E-state index is 0.0232. The quantitative estimate of drug-likeness (QED) is 0.453. The van der Waals surface area contributed by atoms with Gasteiger partial charge in [-0.3, -0.25) is 9.45 Å². The Hall–Kier alpha value is -0.220. The summed E-state index contributed by atoms with van der Waals surface area (Å²) in [5.41, 5.74) is 0. The van der Waals surface area contributed by atoms with Crippen LogP contribution in [-0.4, -0.2) is 56.0 Å². The zero-order chi connectivity index (χ0) is 16.9. The van der Waals surface area contributed by atoms with E-state index in [2.05, 4.69) is 4.72 Å². The Kier molecular flexibility index (Phi) is 7.78. The zero-order valence-electron chi connectivity index (χ0n) is 13.5. The molecule has 0 aliphatic rings. The second-order valence-electron chi connectivity index (χ2n) is 5.19. The van der Waals surface area contributed by atoms with Crippen LogP contribution in [0.25, 0.3) is 0 Å². The molecule has 0 aliphatic carbocycles. The molecule has 0 aliphatic heterocycles. The maximum absolute atomic E-state index is 12.6. The number of hydrogen-bond acceptors (Lipinski definition) is 5. The molecule has 0 radical (unpaired) electrons. The van der Waals surface area contributed by atoms with Crippen LogP contribution in [0.2, 0.25) is 0 Å². The summed E-state index contributed by atoms with van der Waals surface area (Å²) < 4.78 is 58.4. The summed E-state index contributed by atoms with van der Waals surface area (Å²) in [7, 11) is -8.36. The predicted octanol–water partition coefficient (Wildman–Crippen LogP) is 1.04. The smallest absolute Gasteiger partial charge is 0.269 e. The third-order valence-electron chi connectivity index (χ3n) is 4.10. The molecule has 128 valence electrons. The van der Waals surface area contributed by atoms with Gasteiger partial charge in [0.1, 0.15) is 10.00 Å². The fraction of sp³-hybridized carbons (Fsp3) is 1.00. The largest absolute Gasteiger partial charge is 0.290 e. The SMILES string of the molecule is CCC(C(C)(CC)S(=O)(=O)NCN(CC)CC)S(=O)(=O)O. The van der Waals surface area contributed by atoms with Crippen LogP contribution < -0.4 is 4.72 Å². The van der Waals surface area contributed by atoms with E-state index in [0.717, 1.165) is 0 Å². The lowest BCUT2D eigenvalue weighted by Gasteiger charge is -2.34. The van der Waals surface area contributed by atoms with Gasteiger partial charge in [0.2, 0.25) is 10.0 Å². The van der Waals surface area contributed by atoms with Gasteiger partial charge in [-0.05, 0) is 32.9 Å². The molecular formula is C12H28N2O5S2. The van der Waals surface area contributed by atoms with Gasteiger partial charge >= 0.3 is 0 Å². The highest BCUT2D eigenvalue weighted by atomic mass is 32.2. The van der Waals surface area contributed by atoms with Crippen LogP contribution in [0, 0.1) is 0 Å². The highest BCUT2D eigenvalue weighted by Gasteiger charge is 2.49. The second-order valence-corrected chi connectivity index (χ2v) is 9.01. The number of rotatable bonds is 10. The first-order chi connectivity index (χ1) is 9.50. The molecule has 21 heavy (non-hydrogen) atoms. The third kappa shape index (κ3) is 4.88. The Morgan fingerprint density at radius 2 is 1.57 bits per heavy atom. The van der Waals surface area contributed by atoms with Crippen molar-refractivity contribution < 1.29 is 21.4 Å². The molecule has 0 heterocycles. The molecule has 2 N–H and O–H groups in total. The highest BCUT2D eigenvalue weighted by Crippen LogP contribution is 2.31. The van der Waals surface area contributed by atoms with E-state index in [4.69, 9.17) is 0 Å². The molecular weight excluding hydrogens is 316 g/mol. The summed E-state index contributed by atoms with van der Waals surface area (Å²) in [6.07, 6.45) is 0.105. The van der Waals surface area contributed by atoms with Crippen molar-refractivity contribution in [1.29, 1.82) is 0 Å². The van der Waals surface area contributed by atoms with Crippen molar-refractivity contribution in [3.63, 3.8) is 0 Å². The normalized spacial score (nSPS) is 17.7. The van der Waals surface area contributed by atoms with Crippen LogP contribution >= 0.6 is 0 Å². The van der Waals surface area contributed by atoms with E-state index >= 15 is 0 Å². The fourth-order valence-corrected chi connectivity index (χ4v) is 5.87. The van der Waals surface area contributed by atoms with Crippen molar-refractivity contribution in [3.8, 4) is 0 Å². The van der Waals surface area contributed by atoms with Crippen LogP contribution in [0.3, 0.4) is 0 Å². The topological polar surface area (TPSA) is 104 Å². The van der Waals surface area contributed by atoms with Gasteiger partial charge in [0, 0.05) is 0 Å². The number of nitrogens with zero attached hydrogens (tertiary/aromatic N) is 1. The first-order valence-corrected chi connectivity index (χ1v) is 10.2. The van der Waals surface area contributed by atoms with Gasteiger partial charge in [0.15, 0.2) is 0 Å². The number of hydrogen-bond donors (Lipinski definition) is 2. The molecule has 0 saturated carbocycles. The molecule has 0 fully saturated rings. The molecule has 0 aromatic heterocycles. The van der Waals surface area contributed by atoms with Crippen LogP contribution in [0.15, 0.2) is 0 Å². The van der Waals surface area contributed by atoms with Crippen molar-refractivity contribution in [2.75, 3.05) is 19.8 Å². The van der Waals surface area contributed by atoms with Crippen LogP contribution in [-0.2, 0) is 20.1 Å². The van der Waals surface area contributed by atoms with Crippen LogP contribution in [0.5, 0.6) is 0 Å². The van der Waals surface area contributed by atoms with Gasteiger partial charge in [-0.2, -0.15) is 8.42 Å². The number of sulfonamides is 1. The van der Waals surface area contributed by atoms with Gasteiger partial charge in [-0.25, -0.2) is 13.1 Å². The Labute approximate surface area is 128 Å². The molecule has 0 aromatic rings. The van der Waals surface area contributed by atoms with E-state index in [1.165, 1.54) is 6.92 Å². The van der Waals surface area contributed by atoms with Crippen LogP contribution in [0.1, 0.15) is 47.5 Å². The highest BCUT2D eigenvalue weighted by molar-refractivity contribution is 7.93. The van der Waals surface area contributed by atoms with E-state index in [1.807, 2.05) is 18.7 Å². The molecule has 2 atom stereocenters. The Bertz CT molecular complexity index is 514. The molecule has 7 nitrogen and oxygen atoms in total. The standard InChI is InChI=1S/C12H28N2O5S2/c1-6-11(20(15,16)17)12(5,7-2)21(18,19)13-10-14(8-3)9-4/h11,13H,6-10H2,1-5H3,(H,15,16,17). The zero-order valence-corrected chi connectivity index (χ0v) is 15.1. The molecule has 0 bridgehead atoms. The van der Waals surface area contributed by atoms with Crippen molar-refractivity contribution >= 4 is 20.1 Å². The van der Waals surface area contributed by atoms with Crippen LogP contribution in [0.4, 0.5) is 0 Å². The van der Waals surface area contributed by atoms with Crippen molar-refractivity contribution in [2.24, 2.45) is 0 Å². The fourth-order valence-electron chi connectivity index (χ4n) is 2.34. The van der Waals surface area contributed by atoms with Gasteiger partial charge in [0.25, 0.3) is 10.1 Å². The summed E-state index contributed by atoms with van der Waals surface area (Å²) in [5, 5.41) is -1.36. The average Bonchev–Trinajstić information content (AvgIpc) is 2.38. The monoisotopic (exact) mass is 344 g/mol.